The number of allylic oxidation sites excluding steroid dienone is 1. The molecule has 0 saturated heterocycles. The van der Waals surface area contributed by atoms with Gasteiger partial charge in [0, 0.05) is 25.7 Å². The molecule has 0 aliphatic heterocycles. The van der Waals surface area contributed by atoms with Crippen LogP contribution in [-0.4, -0.2) is 24.7 Å². The van der Waals surface area contributed by atoms with Crippen LogP contribution in [0.1, 0.15) is 43.2 Å². The summed E-state index contributed by atoms with van der Waals surface area (Å²) >= 11 is 0. The zero-order valence-electron chi connectivity index (χ0n) is 14.1. The maximum Gasteiger partial charge on any atom is 0.191 e. The highest BCUT2D eigenvalue weighted by Crippen LogP contribution is 2.19. The number of hydrogen-bond acceptors (Lipinski definition) is 2. The molecule has 0 fully saturated rings. The summed E-state index contributed by atoms with van der Waals surface area (Å²) in [4.78, 5) is 4.20. The Morgan fingerprint density at radius 3 is 2.79 bits per heavy atom. The zero-order valence-corrected chi connectivity index (χ0v) is 16.5. The van der Waals surface area contributed by atoms with E-state index >= 15 is 0 Å². The van der Waals surface area contributed by atoms with E-state index in [0.29, 0.717) is 12.1 Å². The number of aliphatic hydroxyl groups excluding tert-OH is 1. The van der Waals surface area contributed by atoms with E-state index in [0.717, 1.165) is 24.5 Å². The Morgan fingerprint density at radius 1 is 1.29 bits per heavy atom. The van der Waals surface area contributed by atoms with Crippen LogP contribution in [0, 0.1) is 5.82 Å². The first kappa shape index (κ1) is 20.9. The van der Waals surface area contributed by atoms with Gasteiger partial charge in [-0.25, -0.2) is 4.39 Å². The molecule has 134 valence electrons. The van der Waals surface area contributed by atoms with Crippen LogP contribution in [0.4, 0.5) is 4.39 Å². The lowest BCUT2D eigenvalue weighted by molar-refractivity contribution is 0.275. The lowest BCUT2D eigenvalue weighted by Crippen LogP contribution is -2.37. The molecule has 0 heterocycles. The van der Waals surface area contributed by atoms with Gasteiger partial charge in [0.05, 0.1) is 6.61 Å². The van der Waals surface area contributed by atoms with Gasteiger partial charge in [-0.3, -0.25) is 4.99 Å². The minimum absolute atomic E-state index is 0. The molecule has 4 nitrogen and oxygen atoms in total. The third-order valence-electron chi connectivity index (χ3n) is 4.09. The van der Waals surface area contributed by atoms with Crippen molar-refractivity contribution in [2.75, 3.05) is 13.6 Å². The molecule has 1 aromatic carbocycles. The van der Waals surface area contributed by atoms with Crippen molar-refractivity contribution >= 4 is 29.9 Å². The van der Waals surface area contributed by atoms with E-state index in [2.05, 4.69) is 21.7 Å². The molecule has 0 spiro atoms. The van der Waals surface area contributed by atoms with Gasteiger partial charge in [0.1, 0.15) is 5.82 Å². The number of benzene rings is 1. The average Bonchev–Trinajstić information content (AvgIpc) is 2.60. The van der Waals surface area contributed by atoms with Gasteiger partial charge in [0.2, 0.25) is 0 Å². The molecule has 0 aromatic heterocycles. The summed E-state index contributed by atoms with van der Waals surface area (Å²) in [6, 6.07) is 4.76. The van der Waals surface area contributed by atoms with Crippen LogP contribution < -0.4 is 10.6 Å². The van der Waals surface area contributed by atoms with Gasteiger partial charge >= 0.3 is 0 Å². The Morgan fingerprint density at radius 2 is 2.12 bits per heavy atom. The predicted molar refractivity (Wildman–Crippen MR) is 107 cm³/mol. The lowest BCUT2D eigenvalue weighted by Gasteiger charge is -2.15. The number of guanidine groups is 1. The molecular weight excluding hydrogens is 420 g/mol. The maximum absolute atomic E-state index is 13.4. The predicted octanol–water partition coefficient (Wildman–Crippen LogP) is 3.49. The molecule has 1 aliphatic rings. The normalized spacial score (nSPS) is 14.6. The molecule has 0 saturated carbocycles. The Hall–Kier alpha value is -1.15. The highest BCUT2D eigenvalue weighted by Gasteiger charge is 2.05. The van der Waals surface area contributed by atoms with Crippen molar-refractivity contribution in [1.29, 1.82) is 0 Å². The third-order valence-corrected chi connectivity index (χ3v) is 4.09. The second-order valence-electron chi connectivity index (χ2n) is 5.79. The maximum atomic E-state index is 13.4. The summed E-state index contributed by atoms with van der Waals surface area (Å²) < 4.78 is 13.4. The van der Waals surface area contributed by atoms with Crippen LogP contribution in [0.3, 0.4) is 0 Å². The smallest absolute Gasteiger partial charge is 0.191 e. The van der Waals surface area contributed by atoms with E-state index in [1.807, 2.05) is 0 Å². The SMILES string of the molecule is CN=C(NCCC1=CCCCC1)NCc1ccc(F)c(CO)c1.I. The first-order valence-corrected chi connectivity index (χ1v) is 8.23. The van der Waals surface area contributed by atoms with Crippen molar-refractivity contribution in [3.05, 3.63) is 46.8 Å². The van der Waals surface area contributed by atoms with Gasteiger partial charge in [0.15, 0.2) is 5.96 Å². The topological polar surface area (TPSA) is 56.7 Å². The molecule has 3 N–H and O–H groups in total. The average molecular weight is 447 g/mol. The minimum Gasteiger partial charge on any atom is -0.392 e. The molecular formula is C18H27FIN3O. The number of nitrogens with zero attached hydrogens (tertiary/aromatic N) is 1. The quantitative estimate of drug-likeness (QED) is 0.271. The van der Waals surface area contributed by atoms with E-state index in [1.165, 1.54) is 37.3 Å². The molecule has 2 rings (SSSR count). The second-order valence-corrected chi connectivity index (χ2v) is 5.79. The van der Waals surface area contributed by atoms with Crippen LogP contribution in [0.15, 0.2) is 34.8 Å². The number of halogens is 2. The van der Waals surface area contributed by atoms with Gasteiger partial charge in [0.25, 0.3) is 0 Å². The highest BCUT2D eigenvalue weighted by molar-refractivity contribution is 14.0. The summed E-state index contributed by atoms with van der Waals surface area (Å²) in [6.07, 6.45) is 8.44. The van der Waals surface area contributed by atoms with Crippen molar-refractivity contribution in [3.63, 3.8) is 0 Å². The fourth-order valence-electron chi connectivity index (χ4n) is 2.74. The van der Waals surface area contributed by atoms with Crippen molar-refractivity contribution in [2.45, 2.75) is 45.3 Å². The van der Waals surface area contributed by atoms with Gasteiger partial charge < -0.3 is 15.7 Å². The zero-order chi connectivity index (χ0) is 16.5. The number of hydrogen-bond donors (Lipinski definition) is 3. The summed E-state index contributed by atoms with van der Waals surface area (Å²) in [5, 5.41) is 15.6. The standard InChI is InChI=1S/C18H26FN3O.HI/c1-20-18(21-10-9-14-5-3-2-4-6-14)22-12-15-7-8-17(19)16(11-15)13-23;/h5,7-8,11,23H,2-4,6,9-10,12-13H2,1H3,(H2,20,21,22);1H. The minimum atomic E-state index is -0.375. The molecule has 0 atom stereocenters. The fourth-order valence-corrected chi connectivity index (χ4v) is 2.74. The molecule has 1 aromatic rings. The molecule has 0 bridgehead atoms. The highest BCUT2D eigenvalue weighted by atomic mass is 127. The van der Waals surface area contributed by atoms with Gasteiger partial charge in [-0.05, 0) is 49.8 Å². The summed E-state index contributed by atoms with van der Waals surface area (Å²) in [7, 11) is 1.74. The number of aliphatic imine (C=N–C) groups is 1. The molecule has 1 aliphatic carbocycles. The molecule has 0 radical (unpaired) electrons. The third kappa shape index (κ3) is 6.76. The summed E-state index contributed by atoms with van der Waals surface area (Å²) in [6.45, 7) is 1.11. The Labute approximate surface area is 160 Å². The van der Waals surface area contributed by atoms with Crippen LogP contribution in [-0.2, 0) is 13.2 Å². The Bertz CT molecular complexity index is 575. The van der Waals surface area contributed by atoms with Crippen molar-refractivity contribution < 1.29 is 9.50 Å². The molecule has 6 heteroatoms. The monoisotopic (exact) mass is 447 g/mol. The van der Waals surface area contributed by atoms with Gasteiger partial charge in [-0.2, -0.15) is 0 Å². The number of rotatable bonds is 6. The van der Waals surface area contributed by atoms with Crippen molar-refractivity contribution in [2.24, 2.45) is 4.99 Å². The van der Waals surface area contributed by atoms with Crippen LogP contribution >= 0.6 is 24.0 Å². The molecule has 24 heavy (non-hydrogen) atoms. The van der Waals surface area contributed by atoms with E-state index in [9.17, 15) is 4.39 Å². The second kappa shape index (κ2) is 11.4. The van der Waals surface area contributed by atoms with Crippen molar-refractivity contribution in [1.82, 2.24) is 10.6 Å². The van der Waals surface area contributed by atoms with Gasteiger partial charge in [-0.15, -0.1) is 24.0 Å². The van der Waals surface area contributed by atoms with Gasteiger partial charge in [-0.1, -0.05) is 17.7 Å². The number of nitrogens with one attached hydrogen (secondary N) is 2. The first-order valence-electron chi connectivity index (χ1n) is 8.23. The molecule has 0 amide bonds. The van der Waals surface area contributed by atoms with Crippen LogP contribution in [0.2, 0.25) is 0 Å². The van der Waals surface area contributed by atoms with E-state index in [4.69, 9.17) is 5.11 Å². The number of aliphatic hydroxyl groups is 1. The van der Waals surface area contributed by atoms with E-state index < -0.39 is 0 Å². The summed E-state index contributed by atoms with van der Waals surface area (Å²) in [5.74, 6) is 0.357. The molecule has 0 unspecified atom stereocenters. The summed E-state index contributed by atoms with van der Waals surface area (Å²) in [5.41, 5.74) is 2.76. The largest absolute Gasteiger partial charge is 0.392 e. The first-order chi connectivity index (χ1) is 11.2. The van der Waals surface area contributed by atoms with E-state index in [1.54, 1.807) is 19.2 Å². The van der Waals surface area contributed by atoms with Crippen LogP contribution in [0.5, 0.6) is 0 Å². The Kier molecular flexibility index (Phi) is 9.94. The van der Waals surface area contributed by atoms with E-state index in [-0.39, 0.29) is 36.4 Å². The van der Waals surface area contributed by atoms with Crippen LogP contribution in [0.25, 0.3) is 0 Å². The fraction of sp³-hybridized carbons (Fsp3) is 0.500. The lowest BCUT2D eigenvalue weighted by atomic mass is 9.97. The van der Waals surface area contributed by atoms with Crippen molar-refractivity contribution in [3.8, 4) is 0 Å². The Balaban J connectivity index is 0.00000288.